The highest BCUT2D eigenvalue weighted by molar-refractivity contribution is 5.86. The number of allylic oxidation sites excluding steroid dienone is 1. The lowest BCUT2D eigenvalue weighted by atomic mass is 9.85. The number of aliphatic hydroxyl groups is 1. The average molecular weight is 566 g/mol. The van der Waals surface area contributed by atoms with Gasteiger partial charge in [0.1, 0.15) is 6.04 Å². The zero-order valence-electron chi connectivity index (χ0n) is 24.8. The van der Waals surface area contributed by atoms with Crippen molar-refractivity contribution in [1.29, 1.82) is 0 Å². The van der Waals surface area contributed by atoms with Gasteiger partial charge in [0.25, 0.3) is 0 Å². The summed E-state index contributed by atoms with van der Waals surface area (Å²) in [5, 5.41) is 18.5. The van der Waals surface area contributed by atoms with Crippen molar-refractivity contribution < 1.29 is 24.2 Å². The molecular formula is C31H43N5O5. The van der Waals surface area contributed by atoms with Crippen LogP contribution in [0.1, 0.15) is 40.2 Å². The summed E-state index contributed by atoms with van der Waals surface area (Å²) in [6.45, 7) is 13.0. The van der Waals surface area contributed by atoms with Crippen LogP contribution in [0.3, 0.4) is 0 Å². The van der Waals surface area contributed by atoms with Gasteiger partial charge < -0.3 is 20.5 Å². The van der Waals surface area contributed by atoms with E-state index >= 15 is 0 Å². The molecule has 0 radical (unpaired) electrons. The zero-order valence-corrected chi connectivity index (χ0v) is 24.8. The van der Waals surface area contributed by atoms with E-state index < -0.39 is 35.6 Å². The molecule has 0 saturated heterocycles. The van der Waals surface area contributed by atoms with Crippen LogP contribution >= 0.6 is 0 Å². The van der Waals surface area contributed by atoms with E-state index in [0.29, 0.717) is 6.42 Å². The van der Waals surface area contributed by atoms with Crippen molar-refractivity contribution in [3.63, 3.8) is 0 Å². The molecule has 3 unspecified atom stereocenters. The van der Waals surface area contributed by atoms with E-state index in [4.69, 9.17) is 4.74 Å². The Bertz CT molecular complexity index is 1190. The normalized spacial score (nSPS) is 13.8. The van der Waals surface area contributed by atoms with Crippen LogP contribution in [0.4, 0.5) is 4.79 Å². The maximum atomic E-state index is 13.5. The average Bonchev–Trinajstić information content (AvgIpc) is 2.91. The standard InChI is InChI=1S/C31H43N5O5/c1-8-10-21(2)19-36(35-22(3)37)20-27(38)26(33-29(39)28(31(4,5)6)34-30(40)41-7)17-23-12-14-24(15-13-23)25-11-9-16-32-18-25/h8-16,18,26-28,38H,2,17,19-20H2,1,3-7H3,(H,33,39)(H,34,40)(H,35,37)/b10-8-. The molecule has 4 N–H and O–H groups in total. The summed E-state index contributed by atoms with van der Waals surface area (Å²) in [5.74, 6) is -0.768. The quantitative estimate of drug-likeness (QED) is 0.216. The number of rotatable bonds is 13. The highest BCUT2D eigenvalue weighted by Crippen LogP contribution is 2.22. The van der Waals surface area contributed by atoms with Gasteiger partial charge in [0.15, 0.2) is 0 Å². The van der Waals surface area contributed by atoms with Crippen LogP contribution in [0.25, 0.3) is 11.1 Å². The number of carbonyl (C=O) groups is 3. The minimum absolute atomic E-state index is 0.0134. The number of aliphatic hydroxyl groups excluding tert-OH is 1. The second-order valence-corrected chi connectivity index (χ2v) is 11.0. The first-order chi connectivity index (χ1) is 19.3. The topological polar surface area (TPSA) is 133 Å². The molecule has 3 atom stereocenters. The van der Waals surface area contributed by atoms with Crippen LogP contribution < -0.4 is 16.1 Å². The minimum Gasteiger partial charge on any atom is -0.453 e. The van der Waals surface area contributed by atoms with Gasteiger partial charge in [-0.3, -0.25) is 20.0 Å². The van der Waals surface area contributed by atoms with Crippen molar-refractivity contribution >= 4 is 17.9 Å². The lowest BCUT2D eigenvalue weighted by Crippen LogP contribution is -2.59. The van der Waals surface area contributed by atoms with Gasteiger partial charge >= 0.3 is 6.09 Å². The van der Waals surface area contributed by atoms with Crippen LogP contribution in [0.2, 0.25) is 0 Å². The molecule has 0 spiro atoms. The van der Waals surface area contributed by atoms with Crippen LogP contribution in [0.15, 0.2) is 73.1 Å². The Hall–Kier alpha value is -4.02. The fourth-order valence-corrected chi connectivity index (χ4v) is 4.28. The Morgan fingerprint density at radius 2 is 1.80 bits per heavy atom. The first-order valence-electron chi connectivity index (χ1n) is 13.5. The van der Waals surface area contributed by atoms with Gasteiger partial charge in [0.2, 0.25) is 11.8 Å². The third-order valence-electron chi connectivity index (χ3n) is 6.29. The van der Waals surface area contributed by atoms with Gasteiger partial charge in [-0.1, -0.05) is 69.8 Å². The molecule has 10 heteroatoms. The third-order valence-corrected chi connectivity index (χ3v) is 6.29. The molecule has 2 rings (SSSR count). The van der Waals surface area contributed by atoms with E-state index in [1.54, 1.807) is 17.4 Å². The lowest BCUT2D eigenvalue weighted by molar-refractivity contribution is -0.128. The monoisotopic (exact) mass is 565 g/mol. The van der Waals surface area contributed by atoms with Crippen molar-refractivity contribution in [1.82, 2.24) is 26.1 Å². The van der Waals surface area contributed by atoms with Crippen LogP contribution in [0, 0.1) is 5.41 Å². The van der Waals surface area contributed by atoms with Crippen molar-refractivity contribution in [3.05, 3.63) is 78.7 Å². The van der Waals surface area contributed by atoms with Crippen LogP contribution in [-0.2, 0) is 20.7 Å². The molecule has 0 saturated carbocycles. The Labute approximate surface area is 242 Å². The molecule has 1 aromatic carbocycles. The minimum atomic E-state index is -1.10. The van der Waals surface area contributed by atoms with E-state index in [0.717, 1.165) is 22.3 Å². The van der Waals surface area contributed by atoms with Gasteiger partial charge in [-0.2, -0.15) is 0 Å². The summed E-state index contributed by atoms with van der Waals surface area (Å²) in [6.07, 6.45) is 5.61. The SMILES string of the molecule is C=C(/C=C\C)CN(CC(O)C(Cc1ccc(-c2cccnc2)cc1)NC(=O)C(NC(=O)OC)C(C)(C)C)NC(C)=O. The number of hydrogen-bond donors (Lipinski definition) is 4. The number of hydrogen-bond acceptors (Lipinski definition) is 7. The Morgan fingerprint density at radius 3 is 2.34 bits per heavy atom. The highest BCUT2D eigenvalue weighted by Gasteiger charge is 2.35. The first-order valence-corrected chi connectivity index (χ1v) is 13.5. The fraction of sp³-hybridized carbons (Fsp3) is 0.419. The number of amides is 3. The van der Waals surface area contributed by atoms with Crippen molar-refractivity contribution in [2.75, 3.05) is 20.2 Å². The lowest BCUT2D eigenvalue weighted by Gasteiger charge is -2.34. The van der Waals surface area contributed by atoms with E-state index in [1.165, 1.54) is 14.0 Å². The Balaban J connectivity index is 2.35. The van der Waals surface area contributed by atoms with E-state index in [2.05, 4.69) is 27.6 Å². The van der Waals surface area contributed by atoms with Crippen molar-refractivity contribution in [2.45, 2.75) is 59.2 Å². The Morgan fingerprint density at radius 1 is 1.12 bits per heavy atom. The molecular weight excluding hydrogens is 522 g/mol. The van der Waals surface area contributed by atoms with E-state index in [-0.39, 0.29) is 19.0 Å². The molecule has 3 amide bonds. The van der Waals surface area contributed by atoms with E-state index in [1.807, 2.05) is 76.2 Å². The summed E-state index contributed by atoms with van der Waals surface area (Å²) in [7, 11) is 1.23. The molecule has 41 heavy (non-hydrogen) atoms. The number of benzene rings is 1. The molecule has 10 nitrogen and oxygen atoms in total. The smallest absolute Gasteiger partial charge is 0.407 e. The first kappa shape index (κ1) is 33.2. The highest BCUT2D eigenvalue weighted by atomic mass is 16.5. The summed E-state index contributed by atoms with van der Waals surface area (Å²) in [4.78, 5) is 41.6. The summed E-state index contributed by atoms with van der Waals surface area (Å²) in [6, 6.07) is 9.92. The molecule has 0 aliphatic rings. The van der Waals surface area contributed by atoms with E-state index in [9.17, 15) is 19.5 Å². The maximum absolute atomic E-state index is 13.5. The maximum Gasteiger partial charge on any atom is 0.407 e. The van der Waals surface area contributed by atoms with Gasteiger partial charge in [0.05, 0.1) is 19.3 Å². The number of hydrazine groups is 1. The molecule has 1 heterocycles. The van der Waals surface area contributed by atoms with Gasteiger partial charge in [-0.05, 0) is 47.1 Å². The number of carbonyl (C=O) groups excluding carboxylic acids is 3. The molecule has 0 fully saturated rings. The number of aromatic nitrogens is 1. The Kier molecular flexibility index (Phi) is 12.7. The molecule has 0 aliphatic carbocycles. The van der Waals surface area contributed by atoms with Crippen molar-refractivity contribution in [2.24, 2.45) is 5.41 Å². The molecule has 1 aromatic heterocycles. The fourth-order valence-electron chi connectivity index (χ4n) is 4.28. The second kappa shape index (κ2) is 15.7. The number of alkyl carbamates (subject to hydrolysis) is 1. The van der Waals surface area contributed by atoms with Crippen molar-refractivity contribution in [3.8, 4) is 11.1 Å². The number of ether oxygens (including phenoxy) is 1. The van der Waals surface area contributed by atoms with Crippen LogP contribution in [-0.4, -0.2) is 71.4 Å². The number of methoxy groups -OCH3 is 1. The van der Waals surface area contributed by atoms with Gasteiger partial charge in [0, 0.05) is 32.4 Å². The molecule has 2 aromatic rings. The van der Waals surface area contributed by atoms with Gasteiger partial charge in [-0.25, -0.2) is 9.80 Å². The van der Waals surface area contributed by atoms with Gasteiger partial charge in [-0.15, -0.1) is 0 Å². The number of nitrogens with zero attached hydrogens (tertiary/aromatic N) is 2. The predicted octanol–water partition coefficient (Wildman–Crippen LogP) is 3.39. The summed E-state index contributed by atoms with van der Waals surface area (Å²) in [5.41, 5.74) is 5.64. The molecule has 0 bridgehead atoms. The summed E-state index contributed by atoms with van der Waals surface area (Å²) >= 11 is 0. The zero-order chi connectivity index (χ0) is 30.6. The third kappa shape index (κ3) is 11.2. The number of nitrogens with one attached hydrogen (secondary N) is 3. The predicted molar refractivity (Wildman–Crippen MR) is 159 cm³/mol. The largest absolute Gasteiger partial charge is 0.453 e. The summed E-state index contributed by atoms with van der Waals surface area (Å²) < 4.78 is 4.72. The second-order valence-electron chi connectivity index (χ2n) is 11.0. The molecule has 222 valence electrons. The van der Waals surface area contributed by atoms with Crippen LogP contribution in [0.5, 0.6) is 0 Å². The molecule has 0 aliphatic heterocycles. The number of pyridine rings is 1.